The molecule has 0 amide bonds. The molecule has 4 aromatic carbocycles. The lowest BCUT2D eigenvalue weighted by Crippen LogP contribution is -2.20. The fourth-order valence-electron chi connectivity index (χ4n) is 5.17. The standard InChI is InChI=1S/C34H31I/c1-24-23-35-22-20-29(24)33-26(3)25(2)30(31-17-11-12-18-32(31)33)19-21-34(4,27-13-7-5-8-14-27)28-15-9-6-10-16-28/h5-23H,1-4H3/b21-19-. The van der Waals surface area contributed by atoms with Gasteiger partial charge in [0.1, 0.15) is 0 Å². The number of fused-ring (bicyclic) bond motifs is 1. The van der Waals surface area contributed by atoms with E-state index in [1.54, 1.807) is 0 Å². The summed E-state index contributed by atoms with van der Waals surface area (Å²) in [6.45, 7) is 9.17. The molecule has 0 saturated heterocycles. The Balaban J connectivity index is 1.72. The Kier molecular flexibility index (Phi) is 6.71. The average Bonchev–Trinajstić information content (AvgIpc) is 2.91. The van der Waals surface area contributed by atoms with Crippen molar-refractivity contribution < 1.29 is 0 Å². The van der Waals surface area contributed by atoms with Crippen LogP contribution in [0.2, 0.25) is 0 Å². The average molecular weight is 567 g/mol. The van der Waals surface area contributed by atoms with E-state index >= 15 is 0 Å². The van der Waals surface area contributed by atoms with Crippen molar-refractivity contribution in [1.82, 2.24) is 0 Å². The first-order valence-corrected chi connectivity index (χ1v) is 14.6. The van der Waals surface area contributed by atoms with E-state index in [-0.39, 0.29) is 26.1 Å². The highest BCUT2D eigenvalue weighted by Gasteiger charge is 2.26. The lowest BCUT2D eigenvalue weighted by molar-refractivity contribution is 0.727. The molecule has 4 aromatic rings. The van der Waals surface area contributed by atoms with Crippen molar-refractivity contribution in [1.29, 1.82) is 0 Å². The molecular weight excluding hydrogens is 535 g/mol. The highest BCUT2D eigenvalue weighted by Crippen LogP contribution is 2.40. The molecule has 0 unspecified atom stereocenters. The van der Waals surface area contributed by atoms with E-state index in [0.717, 1.165) is 0 Å². The molecule has 0 saturated carbocycles. The van der Waals surface area contributed by atoms with Gasteiger partial charge in [-0.1, -0.05) is 118 Å². The number of rotatable bonds is 5. The van der Waals surface area contributed by atoms with E-state index in [2.05, 4.69) is 139 Å². The Labute approximate surface area is 219 Å². The number of benzene rings is 4. The molecule has 1 heteroatoms. The van der Waals surface area contributed by atoms with E-state index in [9.17, 15) is 0 Å². The molecule has 0 fully saturated rings. The van der Waals surface area contributed by atoms with E-state index in [4.69, 9.17) is 0 Å². The molecule has 0 N–H and O–H groups in total. The fraction of sp³-hybridized carbons (Fsp3) is 0.147. The molecule has 5 rings (SSSR count). The minimum absolute atomic E-state index is 0.0479. The Morgan fingerprint density at radius 3 is 1.86 bits per heavy atom. The molecule has 0 nitrogen and oxygen atoms in total. The van der Waals surface area contributed by atoms with Gasteiger partial charge in [-0.3, -0.25) is 0 Å². The second-order valence-electron chi connectivity index (χ2n) is 9.48. The minimum atomic E-state index is -0.230. The molecular formula is C34H31I. The summed E-state index contributed by atoms with van der Waals surface area (Å²) in [4.78, 5) is 0. The van der Waals surface area contributed by atoms with Crippen molar-refractivity contribution in [2.45, 2.75) is 33.1 Å². The highest BCUT2D eigenvalue weighted by molar-refractivity contribution is 14.2. The van der Waals surface area contributed by atoms with Crippen LogP contribution in [0.5, 0.6) is 0 Å². The SMILES string of the molecule is CC1=CI=CC=C1c1c(C)c(C)c(/C=C\C(C)(c2ccccc2)c2ccccc2)c2ccccc12. The van der Waals surface area contributed by atoms with Crippen LogP contribution in [0.1, 0.15) is 47.2 Å². The van der Waals surface area contributed by atoms with Gasteiger partial charge in [0, 0.05) is 5.41 Å². The van der Waals surface area contributed by atoms with Crippen LogP contribution >= 0.6 is 20.7 Å². The number of hydrogen-bond donors (Lipinski definition) is 0. The van der Waals surface area contributed by atoms with Gasteiger partial charge in [-0.15, -0.1) is 0 Å². The topological polar surface area (TPSA) is 0 Å². The molecule has 174 valence electrons. The van der Waals surface area contributed by atoms with Crippen LogP contribution in [0.15, 0.2) is 107 Å². The van der Waals surface area contributed by atoms with Gasteiger partial charge >= 0.3 is 0 Å². The third-order valence-electron chi connectivity index (χ3n) is 7.38. The molecule has 0 atom stereocenters. The molecule has 1 heterocycles. The Hall–Kier alpha value is -3.04. The zero-order chi connectivity index (χ0) is 24.4. The van der Waals surface area contributed by atoms with E-state index in [1.807, 2.05) is 0 Å². The molecule has 1 aliphatic rings. The van der Waals surface area contributed by atoms with Crippen LogP contribution < -0.4 is 0 Å². The number of hydrogen-bond acceptors (Lipinski definition) is 0. The van der Waals surface area contributed by atoms with Crippen LogP contribution in [-0.2, 0) is 5.41 Å². The number of halogens is 1. The Morgan fingerprint density at radius 2 is 1.26 bits per heavy atom. The largest absolute Gasteiger partial charge is 0.0934 e. The zero-order valence-electron chi connectivity index (χ0n) is 20.8. The third-order valence-corrected chi connectivity index (χ3v) is 9.45. The van der Waals surface area contributed by atoms with Crippen LogP contribution in [-0.4, -0.2) is 4.01 Å². The van der Waals surface area contributed by atoms with Crippen LogP contribution in [0.3, 0.4) is 0 Å². The van der Waals surface area contributed by atoms with Crippen LogP contribution in [0, 0.1) is 13.8 Å². The normalized spacial score (nSPS) is 14.1. The van der Waals surface area contributed by atoms with Crippen molar-refractivity contribution in [3.63, 3.8) is 0 Å². The van der Waals surface area contributed by atoms with Gasteiger partial charge in [-0.2, -0.15) is 0 Å². The summed E-state index contributed by atoms with van der Waals surface area (Å²) in [5.74, 6) is 0. The van der Waals surface area contributed by atoms with Gasteiger partial charge < -0.3 is 0 Å². The predicted octanol–water partition coefficient (Wildman–Crippen LogP) is 9.55. The summed E-state index contributed by atoms with van der Waals surface area (Å²) in [7, 11) is 0. The van der Waals surface area contributed by atoms with Gasteiger partial charge in [0.25, 0.3) is 0 Å². The first-order chi connectivity index (χ1) is 17.0. The summed E-state index contributed by atoms with van der Waals surface area (Å²) in [5, 5.41) is 2.66. The van der Waals surface area contributed by atoms with E-state index in [0.29, 0.717) is 0 Å². The summed E-state index contributed by atoms with van der Waals surface area (Å²) >= 11 is 0.0479. The maximum atomic E-state index is 2.44. The van der Waals surface area contributed by atoms with Gasteiger partial charge in [-0.25, -0.2) is 0 Å². The van der Waals surface area contributed by atoms with Crippen LogP contribution in [0.4, 0.5) is 0 Å². The summed E-state index contributed by atoms with van der Waals surface area (Å²) in [6, 6.07) is 30.6. The summed E-state index contributed by atoms with van der Waals surface area (Å²) in [5.41, 5.74) is 10.6. The van der Waals surface area contributed by atoms with Crippen molar-refractivity contribution in [2.75, 3.05) is 0 Å². The predicted molar refractivity (Wildman–Crippen MR) is 164 cm³/mol. The smallest absolute Gasteiger partial charge is 0.0356 e. The molecule has 0 aromatic heterocycles. The maximum Gasteiger partial charge on any atom is 0.0356 e. The number of allylic oxidation sites excluding steroid dienone is 4. The summed E-state index contributed by atoms with van der Waals surface area (Å²) < 4.78 is 4.82. The minimum Gasteiger partial charge on any atom is -0.0934 e. The van der Waals surface area contributed by atoms with Crippen molar-refractivity contribution in [3.8, 4) is 0 Å². The first-order valence-electron chi connectivity index (χ1n) is 12.2. The monoisotopic (exact) mass is 566 g/mol. The molecule has 0 radical (unpaired) electrons. The van der Waals surface area contributed by atoms with Gasteiger partial charge in [0.15, 0.2) is 0 Å². The van der Waals surface area contributed by atoms with Gasteiger partial charge in [-0.05, 0) is 97.2 Å². The molecule has 0 aliphatic carbocycles. The third kappa shape index (κ3) is 4.38. The van der Waals surface area contributed by atoms with Crippen molar-refractivity contribution in [3.05, 3.63) is 140 Å². The fourth-order valence-corrected chi connectivity index (χ4v) is 6.82. The van der Waals surface area contributed by atoms with E-state index in [1.165, 1.54) is 55.3 Å². The lowest BCUT2D eigenvalue weighted by atomic mass is 9.75. The zero-order valence-corrected chi connectivity index (χ0v) is 23.0. The summed E-state index contributed by atoms with van der Waals surface area (Å²) in [6.07, 6.45) is 7.12. The quantitative estimate of drug-likeness (QED) is 0.211. The van der Waals surface area contributed by atoms with E-state index < -0.39 is 0 Å². The lowest BCUT2D eigenvalue weighted by Gasteiger charge is -2.28. The molecule has 35 heavy (non-hydrogen) atoms. The Bertz CT molecular complexity index is 1460. The second-order valence-corrected chi connectivity index (χ2v) is 11.5. The van der Waals surface area contributed by atoms with Gasteiger partial charge in [0.05, 0.1) is 0 Å². The Morgan fingerprint density at radius 1 is 0.686 bits per heavy atom. The van der Waals surface area contributed by atoms with Crippen molar-refractivity contribution >= 4 is 47.2 Å². The van der Waals surface area contributed by atoms with Crippen LogP contribution in [0.25, 0.3) is 22.4 Å². The molecule has 0 bridgehead atoms. The van der Waals surface area contributed by atoms with Crippen molar-refractivity contribution in [2.24, 2.45) is 0 Å². The second kappa shape index (κ2) is 9.91. The maximum absolute atomic E-state index is 2.44. The molecule has 1 aliphatic heterocycles. The molecule has 0 spiro atoms. The first kappa shape index (κ1) is 23.7. The highest BCUT2D eigenvalue weighted by atomic mass is 127. The van der Waals surface area contributed by atoms with Gasteiger partial charge in [0.2, 0.25) is 0 Å².